The lowest BCUT2D eigenvalue weighted by molar-refractivity contribution is -0.129. The van der Waals surface area contributed by atoms with E-state index in [1.807, 2.05) is 54.6 Å². The Labute approximate surface area is 266 Å². The SMILES string of the molecule is C[C@H](CC(=O)[C@@H](CCc1ccccc1)NCc1ccc(N2CCN(S(C)(=O)=O)CC2)cc1)C(=O)NCc1ccc(C(=N)N)cc1. The summed E-state index contributed by atoms with van der Waals surface area (Å²) >= 11 is 0. The first-order valence-corrected chi connectivity index (χ1v) is 17.1. The Morgan fingerprint density at radius 2 is 1.47 bits per heavy atom. The van der Waals surface area contributed by atoms with Gasteiger partial charge in [0.15, 0.2) is 5.78 Å². The van der Waals surface area contributed by atoms with E-state index in [2.05, 4.69) is 27.7 Å². The molecule has 4 rings (SSSR count). The number of Topliss-reactive ketones (excluding diaryl/α,β-unsaturated/α-hetero) is 1. The van der Waals surface area contributed by atoms with Crippen LogP contribution in [0.25, 0.3) is 0 Å². The predicted molar refractivity (Wildman–Crippen MR) is 179 cm³/mol. The van der Waals surface area contributed by atoms with Crippen LogP contribution >= 0.6 is 0 Å². The Morgan fingerprint density at radius 1 is 0.867 bits per heavy atom. The van der Waals surface area contributed by atoms with Gasteiger partial charge >= 0.3 is 0 Å². The van der Waals surface area contributed by atoms with Crippen LogP contribution in [0.15, 0.2) is 78.9 Å². The number of amidine groups is 1. The van der Waals surface area contributed by atoms with Gasteiger partial charge in [-0.3, -0.25) is 15.0 Å². The summed E-state index contributed by atoms with van der Waals surface area (Å²) in [5, 5.41) is 13.9. The van der Waals surface area contributed by atoms with Gasteiger partial charge in [-0.1, -0.05) is 73.7 Å². The van der Waals surface area contributed by atoms with Gasteiger partial charge in [0.25, 0.3) is 0 Å². The molecule has 1 saturated heterocycles. The molecule has 11 heteroatoms. The zero-order valence-corrected chi connectivity index (χ0v) is 26.9. The van der Waals surface area contributed by atoms with Crippen LogP contribution in [0.1, 0.15) is 42.0 Å². The summed E-state index contributed by atoms with van der Waals surface area (Å²) < 4.78 is 25.2. The van der Waals surface area contributed by atoms with Gasteiger partial charge in [-0.05, 0) is 41.7 Å². The molecule has 3 aromatic rings. The zero-order chi connectivity index (χ0) is 32.4. The minimum absolute atomic E-state index is 0.000222. The summed E-state index contributed by atoms with van der Waals surface area (Å²) in [7, 11) is -3.18. The molecule has 1 fully saturated rings. The van der Waals surface area contributed by atoms with Crippen LogP contribution in [0, 0.1) is 11.3 Å². The Balaban J connectivity index is 1.32. The molecule has 45 heavy (non-hydrogen) atoms. The van der Waals surface area contributed by atoms with Crippen LogP contribution in [0.5, 0.6) is 0 Å². The number of nitrogens with two attached hydrogens (primary N) is 1. The van der Waals surface area contributed by atoms with Crippen molar-refractivity contribution in [2.24, 2.45) is 11.7 Å². The average molecular weight is 633 g/mol. The molecule has 2 atom stereocenters. The Morgan fingerprint density at radius 3 is 2.07 bits per heavy atom. The van der Waals surface area contributed by atoms with E-state index in [0.29, 0.717) is 51.3 Å². The summed E-state index contributed by atoms with van der Waals surface area (Å²) in [5.74, 6) is -0.682. The van der Waals surface area contributed by atoms with E-state index >= 15 is 0 Å². The number of nitrogens with zero attached hydrogens (tertiary/aromatic N) is 2. The first-order chi connectivity index (χ1) is 21.5. The van der Waals surface area contributed by atoms with Crippen LogP contribution in [0.2, 0.25) is 0 Å². The number of anilines is 1. The molecule has 0 radical (unpaired) electrons. The van der Waals surface area contributed by atoms with Gasteiger partial charge in [0.2, 0.25) is 15.9 Å². The van der Waals surface area contributed by atoms with Gasteiger partial charge in [0, 0.05) is 62.9 Å². The van der Waals surface area contributed by atoms with Gasteiger partial charge in [0.05, 0.1) is 12.3 Å². The molecule has 10 nitrogen and oxygen atoms in total. The van der Waals surface area contributed by atoms with Gasteiger partial charge < -0.3 is 21.3 Å². The van der Waals surface area contributed by atoms with Crippen molar-refractivity contribution in [1.82, 2.24) is 14.9 Å². The third-order valence-electron chi connectivity index (χ3n) is 8.20. The Bertz CT molecular complexity index is 1540. The molecule has 1 amide bonds. The van der Waals surface area contributed by atoms with Crippen molar-refractivity contribution in [3.8, 4) is 0 Å². The molecule has 1 heterocycles. The fourth-order valence-electron chi connectivity index (χ4n) is 5.38. The number of piperazine rings is 1. The quantitative estimate of drug-likeness (QED) is 0.149. The molecule has 5 N–H and O–H groups in total. The van der Waals surface area contributed by atoms with Crippen molar-refractivity contribution in [1.29, 1.82) is 5.41 Å². The lowest BCUT2D eigenvalue weighted by atomic mass is 9.95. The number of carbonyl (C=O) groups excluding carboxylic acids is 2. The number of hydrogen-bond acceptors (Lipinski definition) is 7. The molecule has 0 aliphatic carbocycles. The standard InChI is InChI=1S/C34H44N6O4S/c1-25(34(42)38-24-27-8-13-29(14-9-27)33(35)36)22-32(41)31(17-12-26-6-4-3-5-7-26)37-23-28-10-15-30(16-11-28)39-18-20-40(21-19-39)45(2,43)44/h3-11,13-16,25,31,37H,12,17-24H2,1-2H3,(H3,35,36)(H,38,42)/t25-,31-/m1/s1. The van der Waals surface area contributed by atoms with Crippen molar-refractivity contribution >= 4 is 33.2 Å². The number of sulfonamides is 1. The maximum absolute atomic E-state index is 13.5. The molecule has 0 bridgehead atoms. The number of ketones is 1. The second-order valence-electron chi connectivity index (χ2n) is 11.7. The molecule has 0 saturated carbocycles. The number of nitrogens with one attached hydrogen (secondary N) is 3. The predicted octanol–water partition coefficient (Wildman–Crippen LogP) is 3.05. The molecule has 1 aliphatic heterocycles. The van der Waals surface area contributed by atoms with Gasteiger partial charge in [0.1, 0.15) is 5.84 Å². The number of aryl methyl sites for hydroxylation is 1. The van der Waals surface area contributed by atoms with E-state index in [9.17, 15) is 18.0 Å². The number of nitrogen functional groups attached to an aromatic ring is 1. The first-order valence-electron chi connectivity index (χ1n) is 15.3. The second-order valence-corrected chi connectivity index (χ2v) is 13.7. The van der Waals surface area contributed by atoms with Crippen LogP contribution in [0.4, 0.5) is 5.69 Å². The Kier molecular flexibility index (Phi) is 11.9. The smallest absolute Gasteiger partial charge is 0.223 e. The highest BCUT2D eigenvalue weighted by Crippen LogP contribution is 2.19. The fourth-order valence-corrected chi connectivity index (χ4v) is 6.21. The molecule has 240 valence electrons. The highest BCUT2D eigenvalue weighted by Gasteiger charge is 2.25. The van der Waals surface area contributed by atoms with Crippen molar-refractivity contribution in [3.63, 3.8) is 0 Å². The van der Waals surface area contributed by atoms with E-state index in [0.717, 1.165) is 28.8 Å². The van der Waals surface area contributed by atoms with Crippen molar-refractivity contribution in [2.75, 3.05) is 37.3 Å². The first kappa shape index (κ1) is 33.8. The van der Waals surface area contributed by atoms with Crippen LogP contribution in [-0.4, -0.2) is 68.7 Å². The number of rotatable bonds is 15. The molecule has 3 aromatic carbocycles. The second kappa shape index (κ2) is 15.8. The molecule has 0 aromatic heterocycles. The van der Waals surface area contributed by atoms with E-state index in [1.54, 1.807) is 19.1 Å². The number of carbonyl (C=O) groups is 2. The van der Waals surface area contributed by atoms with Gasteiger partial charge in [-0.25, -0.2) is 8.42 Å². The van der Waals surface area contributed by atoms with Crippen LogP contribution < -0.4 is 21.3 Å². The molecular weight excluding hydrogens is 588 g/mol. The number of benzene rings is 3. The summed E-state index contributed by atoms with van der Waals surface area (Å²) in [5.41, 5.74) is 10.2. The minimum Gasteiger partial charge on any atom is -0.384 e. The van der Waals surface area contributed by atoms with E-state index in [-0.39, 0.29) is 23.9 Å². The molecular formula is C34H44N6O4S. The third kappa shape index (κ3) is 10.2. The highest BCUT2D eigenvalue weighted by atomic mass is 32.2. The number of hydrogen-bond donors (Lipinski definition) is 4. The minimum atomic E-state index is -3.18. The van der Waals surface area contributed by atoms with Crippen LogP contribution in [0.3, 0.4) is 0 Å². The van der Waals surface area contributed by atoms with E-state index in [1.165, 1.54) is 10.6 Å². The normalized spacial score (nSPS) is 15.3. The fraction of sp³-hybridized carbons (Fsp3) is 0.382. The largest absolute Gasteiger partial charge is 0.384 e. The molecule has 0 unspecified atom stereocenters. The van der Waals surface area contributed by atoms with E-state index < -0.39 is 22.0 Å². The zero-order valence-electron chi connectivity index (χ0n) is 26.0. The number of amides is 1. The molecule has 1 aliphatic rings. The van der Waals surface area contributed by atoms with Crippen LogP contribution in [-0.2, 0) is 39.1 Å². The maximum atomic E-state index is 13.5. The van der Waals surface area contributed by atoms with Crippen molar-refractivity contribution < 1.29 is 18.0 Å². The van der Waals surface area contributed by atoms with E-state index in [4.69, 9.17) is 11.1 Å². The maximum Gasteiger partial charge on any atom is 0.223 e. The summed E-state index contributed by atoms with van der Waals surface area (Å²) in [6, 6.07) is 24.9. The topological polar surface area (TPSA) is 149 Å². The van der Waals surface area contributed by atoms with Gasteiger partial charge in [-0.2, -0.15) is 4.31 Å². The average Bonchev–Trinajstić information content (AvgIpc) is 3.04. The molecule has 0 spiro atoms. The monoisotopic (exact) mass is 632 g/mol. The Hall–Kier alpha value is -4.06. The highest BCUT2D eigenvalue weighted by molar-refractivity contribution is 7.88. The summed E-state index contributed by atoms with van der Waals surface area (Å²) in [4.78, 5) is 28.5. The lowest BCUT2D eigenvalue weighted by Gasteiger charge is -2.34. The van der Waals surface area contributed by atoms with Gasteiger partial charge in [-0.15, -0.1) is 0 Å². The summed E-state index contributed by atoms with van der Waals surface area (Å²) in [6.45, 7) is 4.82. The lowest BCUT2D eigenvalue weighted by Crippen LogP contribution is -2.48. The third-order valence-corrected chi connectivity index (χ3v) is 9.50. The summed E-state index contributed by atoms with van der Waals surface area (Å²) in [6.07, 6.45) is 2.72. The van der Waals surface area contributed by atoms with Crippen molar-refractivity contribution in [3.05, 3.63) is 101 Å². The van der Waals surface area contributed by atoms with Crippen molar-refractivity contribution in [2.45, 2.75) is 45.3 Å².